The molecule has 0 atom stereocenters. The van der Waals surface area contributed by atoms with E-state index in [9.17, 15) is 4.39 Å². The Kier molecular flexibility index (Phi) is 6.71. The van der Waals surface area contributed by atoms with Gasteiger partial charge < -0.3 is 10.2 Å². The molecule has 0 aliphatic heterocycles. The summed E-state index contributed by atoms with van der Waals surface area (Å²) in [6.07, 6.45) is 0.399. The molecule has 2 nitrogen and oxygen atoms in total. The summed E-state index contributed by atoms with van der Waals surface area (Å²) in [5.41, 5.74) is 1.24. The van der Waals surface area contributed by atoms with E-state index < -0.39 is 0 Å². The van der Waals surface area contributed by atoms with Gasteiger partial charge in [-0.15, -0.1) is 0 Å². The van der Waals surface area contributed by atoms with Crippen LogP contribution >= 0.6 is 11.8 Å². The number of halogens is 1. The largest absolute Gasteiger partial charge is 0.396 e. The third-order valence-electron chi connectivity index (χ3n) is 2.02. The van der Waals surface area contributed by atoms with Crippen molar-refractivity contribution in [2.45, 2.75) is 12.2 Å². The van der Waals surface area contributed by atoms with Gasteiger partial charge in [-0.2, -0.15) is 11.8 Å². The molecule has 0 aliphatic carbocycles. The first-order chi connectivity index (χ1) is 8.27. The molecule has 0 radical (unpaired) electrons. The predicted molar refractivity (Wildman–Crippen MR) is 68.2 cm³/mol. The van der Waals surface area contributed by atoms with Crippen LogP contribution in [0.4, 0.5) is 4.39 Å². The Bertz CT molecular complexity index is 410. The third kappa shape index (κ3) is 5.22. The lowest BCUT2D eigenvalue weighted by Gasteiger charge is -2.02. The number of aliphatic hydroxyl groups excluding tert-OH is 2. The number of hydrogen-bond donors (Lipinski definition) is 2. The molecule has 0 aromatic heterocycles. The van der Waals surface area contributed by atoms with Crippen LogP contribution in [0.15, 0.2) is 18.2 Å². The molecule has 1 aromatic carbocycles. The average molecular weight is 254 g/mol. The first-order valence-corrected chi connectivity index (χ1v) is 6.50. The summed E-state index contributed by atoms with van der Waals surface area (Å²) in [5.74, 6) is 6.42. The lowest BCUT2D eigenvalue weighted by Crippen LogP contribution is -1.92. The van der Waals surface area contributed by atoms with Gasteiger partial charge in [0.05, 0.1) is 13.2 Å². The van der Waals surface area contributed by atoms with E-state index >= 15 is 0 Å². The van der Waals surface area contributed by atoms with Crippen molar-refractivity contribution in [2.75, 3.05) is 19.0 Å². The van der Waals surface area contributed by atoms with E-state index in [0.717, 1.165) is 0 Å². The van der Waals surface area contributed by atoms with Gasteiger partial charge in [0.2, 0.25) is 0 Å². The number of thioether (sulfide) groups is 1. The van der Waals surface area contributed by atoms with Crippen LogP contribution in [0.25, 0.3) is 0 Å². The normalized spacial score (nSPS) is 9.82. The monoisotopic (exact) mass is 254 g/mol. The fourth-order valence-corrected chi connectivity index (χ4v) is 1.94. The number of hydrogen-bond acceptors (Lipinski definition) is 3. The SMILES string of the molecule is OCCC#Cc1ccc(CSCCO)c(F)c1. The van der Waals surface area contributed by atoms with Crippen molar-refractivity contribution in [1.82, 2.24) is 0 Å². The van der Waals surface area contributed by atoms with Crippen molar-refractivity contribution in [3.63, 3.8) is 0 Å². The highest BCUT2D eigenvalue weighted by molar-refractivity contribution is 7.98. The fraction of sp³-hybridized carbons (Fsp3) is 0.385. The Morgan fingerprint density at radius 2 is 2.06 bits per heavy atom. The summed E-state index contributed by atoms with van der Waals surface area (Å²) >= 11 is 1.49. The molecule has 2 N–H and O–H groups in total. The van der Waals surface area contributed by atoms with Crippen molar-refractivity contribution in [2.24, 2.45) is 0 Å². The van der Waals surface area contributed by atoms with Gasteiger partial charge in [-0.3, -0.25) is 0 Å². The maximum absolute atomic E-state index is 13.6. The van der Waals surface area contributed by atoms with E-state index in [4.69, 9.17) is 10.2 Å². The zero-order valence-corrected chi connectivity index (χ0v) is 10.3. The molecule has 0 fully saturated rings. The van der Waals surface area contributed by atoms with Crippen LogP contribution in [0.5, 0.6) is 0 Å². The number of benzene rings is 1. The highest BCUT2D eigenvalue weighted by atomic mass is 32.2. The predicted octanol–water partition coefficient (Wildman–Crippen LogP) is 1.79. The summed E-state index contributed by atoms with van der Waals surface area (Å²) in [5, 5.41) is 17.2. The topological polar surface area (TPSA) is 40.5 Å². The van der Waals surface area contributed by atoms with Crippen LogP contribution in [0.3, 0.4) is 0 Å². The second-order valence-electron chi connectivity index (χ2n) is 3.36. The van der Waals surface area contributed by atoms with Crippen molar-refractivity contribution in [3.05, 3.63) is 35.1 Å². The average Bonchev–Trinajstić information content (AvgIpc) is 2.32. The zero-order chi connectivity index (χ0) is 12.5. The standard InChI is InChI=1S/C13H15FO2S/c14-13-9-11(3-1-2-6-15)4-5-12(13)10-17-8-7-16/h4-5,9,15-16H,2,6-8,10H2. The van der Waals surface area contributed by atoms with E-state index in [-0.39, 0.29) is 19.0 Å². The van der Waals surface area contributed by atoms with Gasteiger partial charge in [0.15, 0.2) is 0 Å². The number of aliphatic hydroxyl groups is 2. The Morgan fingerprint density at radius 3 is 2.71 bits per heavy atom. The van der Waals surface area contributed by atoms with Crippen LogP contribution in [-0.2, 0) is 5.75 Å². The van der Waals surface area contributed by atoms with E-state index in [1.807, 2.05) is 0 Å². The van der Waals surface area contributed by atoms with Crippen LogP contribution in [0, 0.1) is 17.7 Å². The smallest absolute Gasteiger partial charge is 0.128 e. The van der Waals surface area contributed by atoms with Crippen molar-refractivity contribution < 1.29 is 14.6 Å². The first kappa shape index (κ1) is 14.0. The summed E-state index contributed by atoms with van der Waals surface area (Å²) in [7, 11) is 0. The van der Waals surface area contributed by atoms with E-state index in [1.54, 1.807) is 12.1 Å². The summed E-state index contributed by atoms with van der Waals surface area (Å²) in [6.45, 7) is 0.127. The number of rotatable bonds is 5. The first-order valence-electron chi connectivity index (χ1n) is 5.34. The van der Waals surface area contributed by atoms with Crippen LogP contribution in [0.1, 0.15) is 17.5 Å². The molecule has 4 heteroatoms. The van der Waals surface area contributed by atoms with Gasteiger partial charge in [0.25, 0.3) is 0 Å². The van der Waals surface area contributed by atoms with Crippen molar-refractivity contribution >= 4 is 11.8 Å². The van der Waals surface area contributed by atoms with E-state index in [0.29, 0.717) is 29.1 Å². The van der Waals surface area contributed by atoms with Crippen LogP contribution in [-0.4, -0.2) is 29.2 Å². The molecular formula is C13H15FO2S. The minimum absolute atomic E-state index is 0.0192. The van der Waals surface area contributed by atoms with Gasteiger partial charge in [-0.25, -0.2) is 4.39 Å². The summed E-state index contributed by atoms with van der Waals surface area (Å²) in [4.78, 5) is 0. The van der Waals surface area contributed by atoms with Gasteiger partial charge in [0, 0.05) is 23.5 Å². The molecule has 92 valence electrons. The zero-order valence-electron chi connectivity index (χ0n) is 9.45. The quantitative estimate of drug-likeness (QED) is 0.621. The molecule has 0 bridgehead atoms. The molecule has 0 saturated carbocycles. The molecular weight excluding hydrogens is 239 g/mol. The Labute approximate surface area is 105 Å². The minimum atomic E-state index is -0.272. The molecule has 1 aromatic rings. The van der Waals surface area contributed by atoms with Crippen molar-refractivity contribution in [3.8, 4) is 11.8 Å². The fourth-order valence-electron chi connectivity index (χ4n) is 1.21. The third-order valence-corrected chi connectivity index (χ3v) is 3.00. The van der Waals surface area contributed by atoms with Gasteiger partial charge in [0.1, 0.15) is 5.82 Å². The lowest BCUT2D eigenvalue weighted by atomic mass is 10.1. The Morgan fingerprint density at radius 1 is 1.24 bits per heavy atom. The van der Waals surface area contributed by atoms with E-state index in [1.165, 1.54) is 17.8 Å². The highest BCUT2D eigenvalue weighted by Crippen LogP contribution is 2.16. The summed E-state index contributed by atoms with van der Waals surface area (Å²) < 4.78 is 13.6. The van der Waals surface area contributed by atoms with Crippen LogP contribution < -0.4 is 0 Å². The minimum Gasteiger partial charge on any atom is -0.396 e. The molecule has 0 unspecified atom stereocenters. The highest BCUT2D eigenvalue weighted by Gasteiger charge is 2.02. The molecule has 0 spiro atoms. The summed E-state index contributed by atoms with van der Waals surface area (Å²) in [6, 6.07) is 4.88. The van der Waals surface area contributed by atoms with Crippen LogP contribution in [0.2, 0.25) is 0 Å². The molecule has 17 heavy (non-hydrogen) atoms. The lowest BCUT2D eigenvalue weighted by molar-refractivity contribution is 0.305. The van der Waals surface area contributed by atoms with Crippen molar-refractivity contribution in [1.29, 1.82) is 0 Å². The second kappa shape index (κ2) is 8.13. The second-order valence-corrected chi connectivity index (χ2v) is 4.46. The molecule has 0 amide bonds. The molecule has 0 saturated heterocycles. The van der Waals surface area contributed by atoms with Gasteiger partial charge in [-0.1, -0.05) is 17.9 Å². The van der Waals surface area contributed by atoms with E-state index in [2.05, 4.69) is 11.8 Å². The Hall–Kier alpha value is -1.02. The molecule has 0 heterocycles. The maximum Gasteiger partial charge on any atom is 0.128 e. The maximum atomic E-state index is 13.6. The molecule has 0 aliphatic rings. The Balaban J connectivity index is 2.63. The molecule has 1 rings (SSSR count). The van der Waals surface area contributed by atoms with Gasteiger partial charge >= 0.3 is 0 Å². The van der Waals surface area contributed by atoms with Gasteiger partial charge in [-0.05, 0) is 17.7 Å².